The van der Waals surface area contributed by atoms with E-state index in [-0.39, 0.29) is 17.7 Å². The second-order valence-corrected chi connectivity index (χ2v) is 6.40. The minimum atomic E-state index is -0.301. The van der Waals surface area contributed by atoms with Crippen LogP contribution in [0.1, 0.15) is 24.1 Å². The summed E-state index contributed by atoms with van der Waals surface area (Å²) < 4.78 is 28.9. The molecule has 1 unspecified atom stereocenters. The van der Waals surface area contributed by atoms with Crippen LogP contribution in [0.4, 0.5) is 8.78 Å². The SMILES string of the molecule is CCNC(c1cc(Br)ccc1F)c1ccc(F)cc1I. The van der Waals surface area contributed by atoms with Crippen LogP contribution in [0.3, 0.4) is 0 Å². The van der Waals surface area contributed by atoms with Crippen LogP contribution < -0.4 is 5.32 Å². The number of rotatable bonds is 4. The standard InChI is InChI=1S/C15H13BrF2IN/c1-2-20-15(11-5-4-10(17)8-14(11)19)12-7-9(16)3-6-13(12)18/h3-8,15,20H,2H2,1H3. The molecule has 0 bridgehead atoms. The van der Waals surface area contributed by atoms with E-state index in [9.17, 15) is 8.78 Å². The van der Waals surface area contributed by atoms with Gasteiger partial charge in [0.15, 0.2) is 0 Å². The lowest BCUT2D eigenvalue weighted by atomic mass is 9.98. The van der Waals surface area contributed by atoms with E-state index in [1.165, 1.54) is 18.2 Å². The quantitative estimate of drug-likeness (QED) is 0.643. The first-order valence-electron chi connectivity index (χ1n) is 6.16. The van der Waals surface area contributed by atoms with Crippen molar-refractivity contribution in [1.82, 2.24) is 5.32 Å². The minimum Gasteiger partial charge on any atom is -0.306 e. The second-order valence-electron chi connectivity index (χ2n) is 4.32. The molecule has 0 aromatic heterocycles. The number of nitrogens with one attached hydrogen (secondary N) is 1. The Kier molecular flexibility index (Phi) is 5.51. The summed E-state index contributed by atoms with van der Waals surface area (Å²) in [6.45, 7) is 2.64. The van der Waals surface area contributed by atoms with E-state index in [0.717, 1.165) is 13.6 Å². The highest BCUT2D eigenvalue weighted by Crippen LogP contribution is 2.30. The van der Waals surface area contributed by atoms with Gasteiger partial charge in [0.05, 0.1) is 6.04 Å². The van der Waals surface area contributed by atoms with Gasteiger partial charge in [-0.2, -0.15) is 0 Å². The number of hydrogen-bond donors (Lipinski definition) is 1. The van der Waals surface area contributed by atoms with E-state index in [0.29, 0.717) is 12.1 Å². The molecule has 0 amide bonds. The van der Waals surface area contributed by atoms with Gasteiger partial charge in [-0.15, -0.1) is 0 Å². The second kappa shape index (κ2) is 6.95. The molecule has 0 aliphatic carbocycles. The molecule has 2 aromatic rings. The molecule has 0 aliphatic rings. The van der Waals surface area contributed by atoms with Crippen molar-refractivity contribution in [1.29, 1.82) is 0 Å². The summed E-state index contributed by atoms with van der Waals surface area (Å²) in [5.41, 5.74) is 1.41. The summed E-state index contributed by atoms with van der Waals surface area (Å²) in [7, 11) is 0. The van der Waals surface area contributed by atoms with Crippen LogP contribution in [0.2, 0.25) is 0 Å². The van der Waals surface area contributed by atoms with Crippen LogP contribution in [0.5, 0.6) is 0 Å². The molecular formula is C15H13BrF2IN. The predicted molar refractivity (Wildman–Crippen MR) is 88.7 cm³/mol. The molecule has 0 saturated carbocycles. The third kappa shape index (κ3) is 3.56. The van der Waals surface area contributed by atoms with Crippen LogP contribution in [0, 0.1) is 15.2 Å². The van der Waals surface area contributed by atoms with Gasteiger partial charge in [-0.05, 0) is 65.0 Å². The maximum absolute atomic E-state index is 14.1. The van der Waals surface area contributed by atoms with Crippen molar-refractivity contribution < 1.29 is 8.78 Å². The fraction of sp³-hybridized carbons (Fsp3) is 0.200. The van der Waals surface area contributed by atoms with Crippen molar-refractivity contribution in [2.45, 2.75) is 13.0 Å². The molecule has 0 radical (unpaired) electrons. The topological polar surface area (TPSA) is 12.0 Å². The molecule has 20 heavy (non-hydrogen) atoms. The molecule has 1 atom stereocenters. The predicted octanol–water partition coefficient (Wildman–Crippen LogP) is 5.03. The molecule has 2 aromatic carbocycles. The van der Waals surface area contributed by atoms with Crippen molar-refractivity contribution >= 4 is 38.5 Å². The zero-order valence-electron chi connectivity index (χ0n) is 10.8. The molecule has 0 saturated heterocycles. The molecule has 0 spiro atoms. The van der Waals surface area contributed by atoms with Crippen molar-refractivity contribution in [2.75, 3.05) is 6.54 Å². The lowest BCUT2D eigenvalue weighted by Crippen LogP contribution is -2.24. The van der Waals surface area contributed by atoms with Gasteiger partial charge in [-0.1, -0.05) is 28.9 Å². The zero-order chi connectivity index (χ0) is 14.7. The molecular weight excluding hydrogens is 439 g/mol. The maximum Gasteiger partial charge on any atom is 0.128 e. The zero-order valence-corrected chi connectivity index (χ0v) is 14.5. The van der Waals surface area contributed by atoms with Gasteiger partial charge in [0.2, 0.25) is 0 Å². The van der Waals surface area contributed by atoms with Crippen molar-refractivity contribution in [3.63, 3.8) is 0 Å². The van der Waals surface area contributed by atoms with Gasteiger partial charge in [0.25, 0.3) is 0 Å². The Morgan fingerprint density at radius 1 is 1.15 bits per heavy atom. The average Bonchev–Trinajstić information content (AvgIpc) is 2.40. The highest BCUT2D eigenvalue weighted by molar-refractivity contribution is 14.1. The molecule has 5 heteroatoms. The lowest BCUT2D eigenvalue weighted by Gasteiger charge is -2.21. The Hall–Kier alpha value is -0.530. The average molecular weight is 452 g/mol. The highest BCUT2D eigenvalue weighted by Gasteiger charge is 2.20. The Balaban J connectivity index is 2.53. The van der Waals surface area contributed by atoms with Crippen LogP contribution in [-0.4, -0.2) is 6.54 Å². The Morgan fingerprint density at radius 2 is 1.90 bits per heavy atom. The van der Waals surface area contributed by atoms with Crippen molar-refractivity contribution in [3.05, 3.63) is 67.2 Å². The molecule has 0 aliphatic heterocycles. The smallest absolute Gasteiger partial charge is 0.128 e. The van der Waals surface area contributed by atoms with Gasteiger partial charge < -0.3 is 5.32 Å². The third-order valence-corrected chi connectivity index (χ3v) is 4.38. The lowest BCUT2D eigenvalue weighted by molar-refractivity contribution is 0.556. The Labute approximate surface area is 139 Å². The van der Waals surface area contributed by atoms with Gasteiger partial charge >= 0.3 is 0 Å². The Bertz CT molecular complexity index is 619. The number of halogens is 4. The summed E-state index contributed by atoms with van der Waals surface area (Å²) in [5.74, 6) is -0.567. The highest BCUT2D eigenvalue weighted by atomic mass is 127. The summed E-state index contributed by atoms with van der Waals surface area (Å²) in [6.07, 6.45) is 0. The van der Waals surface area contributed by atoms with E-state index in [1.807, 2.05) is 6.92 Å². The first kappa shape index (κ1) is 15.9. The Morgan fingerprint density at radius 3 is 2.55 bits per heavy atom. The van der Waals surface area contributed by atoms with Crippen LogP contribution in [-0.2, 0) is 0 Å². The number of benzene rings is 2. The van der Waals surface area contributed by atoms with Crippen LogP contribution >= 0.6 is 38.5 Å². The molecule has 1 N–H and O–H groups in total. The first-order valence-corrected chi connectivity index (χ1v) is 8.03. The van der Waals surface area contributed by atoms with E-state index >= 15 is 0 Å². The summed E-state index contributed by atoms with van der Waals surface area (Å²) in [6, 6.07) is 9.10. The largest absolute Gasteiger partial charge is 0.306 e. The van der Waals surface area contributed by atoms with Crippen LogP contribution in [0.15, 0.2) is 40.9 Å². The van der Waals surface area contributed by atoms with E-state index in [2.05, 4.69) is 43.8 Å². The van der Waals surface area contributed by atoms with Gasteiger partial charge in [-0.25, -0.2) is 8.78 Å². The van der Waals surface area contributed by atoms with Crippen molar-refractivity contribution in [2.24, 2.45) is 0 Å². The fourth-order valence-electron chi connectivity index (χ4n) is 2.06. The van der Waals surface area contributed by atoms with E-state index in [1.54, 1.807) is 18.2 Å². The van der Waals surface area contributed by atoms with E-state index < -0.39 is 0 Å². The fourth-order valence-corrected chi connectivity index (χ4v) is 3.23. The third-order valence-electron chi connectivity index (χ3n) is 2.95. The molecule has 0 heterocycles. The summed E-state index contributed by atoms with van der Waals surface area (Å²) in [4.78, 5) is 0. The normalized spacial score (nSPS) is 12.4. The maximum atomic E-state index is 14.1. The summed E-state index contributed by atoms with van der Waals surface area (Å²) >= 11 is 5.44. The molecule has 0 fully saturated rings. The first-order chi connectivity index (χ1) is 9.52. The molecule has 2 rings (SSSR count). The summed E-state index contributed by atoms with van der Waals surface area (Å²) in [5, 5.41) is 3.26. The molecule has 106 valence electrons. The van der Waals surface area contributed by atoms with Gasteiger partial charge in [-0.3, -0.25) is 0 Å². The van der Waals surface area contributed by atoms with Crippen LogP contribution in [0.25, 0.3) is 0 Å². The van der Waals surface area contributed by atoms with Crippen molar-refractivity contribution in [3.8, 4) is 0 Å². The monoisotopic (exact) mass is 451 g/mol. The minimum absolute atomic E-state index is 0.278. The number of hydrogen-bond acceptors (Lipinski definition) is 1. The van der Waals surface area contributed by atoms with Gasteiger partial charge in [0.1, 0.15) is 11.6 Å². The molecule has 1 nitrogen and oxygen atoms in total. The van der Waals surface area contributed by atoms with E-state index in [4.69, 9.17) is 0 Å². The van der Waals surface area contributed by atoms with Gasteiger partial charge in [0, 0.05) is 13.6 Å².